The second kappa shape index (κ2) is 6.42. The molecule has 3 N–H and O–H groups in total. The number of ether oxygens (including phenoxy) is 1. The van der Waals surface area contributed by atoms with E-state index in [1.165, 1.54) is 18.7 Å². The number of nitrogens with zero attached hydrogens (tertiary/aromatic N) is 2. The molecule has 7 heteroatoms. The highest BCUT2D eigenvalue weighted by atomic mass is 32.2. The summed E-state index contributed by atoms with van der Waals surface area (Å²) in [6.45, 7) is 0.791. The average molecular weight is 356 g/mol. The minimum Gasteiger partial charge on any atom is -0.497 e. The number of benzene rings is 2. The fourth-order valence-corrected chi connectivity index (χ4v) is 3.58. The number of rotatable bonds is 4. The van der Waals surface area contributed by atoms with Gasteiger partial charge in [0.1, 0.15) is 11.6 Å². The molecule has 5 nitrogen and oxygen atoms in total. The first-order valence-corrected chi connectivity index (χ1v) is 8.73. The molecule has 0 radical (unpaired) electrons. The van der Waals surface area contributed by atoms with E-state index in [4.69, 9.17) is 9.88 Å². The molecule has 1 aliphatic rings. The molecule has 0 atom stereocenters. The van der Waals surface area contributed by atoms with Crippen molar-refractivity contribution in [2.24, 2.45) is 5.14 Å². The summed E-state index contributed by atoms with van der Waals surface area (Å²) in [5, 5.41) is 5.97. The number of aromatic nitrogens is 1. The monoisotopic (exact) mass is 356 g/mol. The van der Waals surface area contributed by atoms with Gasteiger partial charge >= 0.3 is 0 Å². The first-order valence-electron chi connectivity index (χ1n) is 7.85. The van der Waals surface area contributed by atoms with Crippen molar-refractivity contribution < 1.29 is 9.13 Å². The Labute approximate surface area is 149 Å². The molecule has 25 heavy (non-hydrogen) atoms. The van der Waals surface area contributed by atoms with Crippen molar-refractivity contribution in [3.63, 3.8) is 0 Å². The van der Waals surface area contributed by atoms with Gasteiger partial charge in [-0.1, -0.05) is 0 Å². The number of methoxy groups -OCH3 is 1. The maximum atomic E-state index is 14.7. The van der Waals surface area contributed by atoms with Crippen molar-refractivity contribution in [1.82, 2.24) is 4.98 Å². The highest BCUT2D eigenvalue weighted by Gasteiger charge is 2.24. The zero-order valence-corrected chi connectivity index (χ0v) is 14.4. The summed E-state index contributed by atoms with van der Waals surface area (Å²) in [5.41, 5.74) is 4.65. The molecular weight excluding hydrogens is 339 g/mol. The molecule has 0 fully saturated rings. The van der Waals surface area contributed by atoms with Gasteiger partial charge in [-0.3, -0.25) is 10.1 Å². The smallest absolute Gasteiger partial charge is 0.138 e. The first-order chi connectivity index (χ1) is 12.2. The van der Waals surface area contributed by atoms with Crippen LogP contribution in [-0.4, -0.2) is 18.6 Å². The van der Waals surface area contributed by atoms with Crippen LogP contribution in [-0.2, 0) is 6.42 Å². The number of hydrogen-bond donors (Lipinski definition) is 2. The predicted octanol–water partition coefficient (Wildman–Crippen LogP) is 4.01. The zero-order chi connectivity index (χ0) is 17.4. The number of halogens is 1. The summed E-state index contributed by atoms with van der Waals surface area (Å²) in [4.78, 5) is 6.44. The van der Waals surface area contributed by atoms with Crippen LogP contribution in [0.3, 0.4) is 0 Å². The largest absolute Gasteiger partial charge is 0.497 e. The number of anilines is 3. The lowest BCUT2D eigenvalue weighted by Crippen LogP contribution is -2.14. The van der Waals surface area contributed by atoms with Gasteiger partial charge in [-0.15, -0.1) is 0 Å². The fourth-order valence-electron chi connectivity index (χ4n) is 3.32. The highest BCUT2D eigenvalue weighted by Crippen LogP contribution is 2.40. The van der Waals surface area contributed by atoms with E-state index in [0.717, 1.165) is 42.2 Å². The number of nitrogens with one attached hydrogen (secondary N) is 1. The van der Waals surface area contributed by atoms with Crippen LogP contribution >= 0.6 is 12.1 Å². The van der Waals surface area contributed by atoms with E-state index < -0.39 is 0 Å². The summed E-state index contributed by atoms with van der Waals surface area (Å²) in [6.07, 6.45) is 2.59. The van der Waals surface area contributed by atoms with E-state index in [0.29, 0.717) is 16.7 Å². The van der Waals surface area contributed by atoms with Gasteiger partial charge in [0.2, 0.25) is 0 Å². The van der Waals surface area contributed by atoms with Crippen molar-refractivity contribution in [1.29, 1.82) is 0 Å². The van der Waals surface area contributed by atoms with Crippen LogP contribution < -0.4 is 19.5 Å². The molecule has 128 valence electrons. The third kappa shape index (κ3) is 2.75. The topological polar surface area (TPSA) is 63.4 Å². The molecule has 1 aliphatic heterocycles. The minimum atomic E-state index is -0.330. The summed E-state index contributed by atoms with van der Waals surface area (Å²) >= 11 is 1.07. The van der Waals surface area contributed by atoms with Gasteiger partial charge in [-0.05, 0) is 36.2 Å². The molecule has 0 unspecified atom stereocenters. The van der Waals surface area contributed by atoms with Crippen LogP contribution in [0.25, 0.3) is 10.9 Å². The molecule has 0 saturated heterocycles. The molecule has 0 spiro atoms. The molecule has 0 aliphatic carbocycles. The first kappa shape index (κ1) is 16.0. The Morgan fingerprint density at radius 3 is 2.92 bits per heavy atom. The number of pyridine rings is 1. The summed E-state index contributed by atoms with van der Waals surface area (Å²) < 4.78 is 22.9. The van der Waals surface area contributed by atoms with Crippen LogP contribution in [0.5, 0.6) is 5.75 Å². The van der Waals surface area contributed by atoms with E-state index in [1.807, 2.05) is 18.2 Å². The summed E-state index contributed by atoms with van der Waals surface area (Å²) in [6, 6.07) is 11.1. The minimum absolute atomic E-state index is 0.330. The van der Waals surface area contributed by atoms with E-state index in [2.05, 4.69) is 20.7 Å². The Kier molecular flexibility index (Phi) is 4.10. The third-order valence-electron chi connectivity index (χ3n) is 4.42. The van der Waals surface area contributed by atoms with E-state index in [9.17, 15) is 4.39 Å². The molecule has 1 aromatic heterocycles. The number of fused-ring (bicyclic) bond motifs is 2. The second-order valence-corrected chi connectivity index (χ2v) is 6.24. The van der Waals surface area contributed by atoms with Gasteiger partial charge in [-0.25, -0.2) is 4.39 Å². The lowest BCUT2D eigenvalue weighted by atomic mass is 10.1. The Hall–Kier alpha value is -2.51. The van der Waals surface area contributed by atoms with Crippen molar-refractivity contribution in [3.05, 3.63) is 54.0 Å². The maximum absolute atomic E-state index is 14.7. The van der Waals surface area contributed by atoms with Gasteiger partial charge in [-0.2, -0.15) is 0 Å². The van der Waals surface area contributed by atoms with E-state index >= 15 is 0 Å². The normalized spacial score (nSPS) is 13.2. The van der Waals surface area contributed by atoms with Crippen molar-refractivity contribution in [2.75, 3.05) is 23.3 Å². The van der Waals surface area contributed by atoms with Gasteiger partial charge in [0.15, 0.2) is 0 Å². The van der Waals surface area contributed by atoms with Gasteiger partial charge in [0.25, 0.3) is 0 Å². The van der Waals surface area contributed by atoms with Crippen LogP contribution in [0, 0.1) is 5.82 Å². The van der Waals surface area contributed by atoms with Gasteiger partial charge < -0.3 is 14.4 Å². The standard InChI is InChI=1S/C18H17FN4OS/c1-24-13-9-14(19)18-15(10-13)21-6-4-17(18)23-7-5-11-8-12(22-25-20)2-3-16(11)23/h2-4,6,8-10,22H,5,7,20H2,1H3. The van der Waals surface area contributed by atoms with Crippen LogP contribution in [0.1, 0.15) is 5.56 Å². The van der Waals surface area contributed by atoms with E-state index in [1.54, 1.807) is 12.3 Å². The molecule has 0 saturated carbocycles. The van der Waals surface area contributed by atoms with Crippen LogP contribution in [0.2, 0.25) is 0 Å². The summed E-state index contributed by atoms with van der Waals surface area (Å²) in [7, 11) is 1.52. The molecule has 2 heterocycles. The maximum Gasteiger partial charge on any atom is 0.138 e. The number of hydrogen-bond acceptors (Lipinski definition) is 6. The highest BCUT2D eigenvalue weighted by molar-refractivity contribution is 7.98. The molecule has 2 aromatic carbocycles. The summed E-state index contributed by atoms with van der Waals surface area (Å²) in [5.74, 6) is 0.134. The van der Waals surface area contributed by atoms with Gasteiger partial charge in [0, 0.05) is 48.4 Å². The number of nitrogens with two attached hydrogens (primary N) is 1. The van der Waals surface area contributed by atoms with Gasteiger partial charge in [0.05, 0.1) is 23.7 Å². The Morgan fingerprint density at radius 1 is 1.24 bits per heavy atom. The quantitative estimate of drug-likeness (QED) is 0.689. The lowest BCUT2D eigenvalue weighted by Gasteiger charge is -2.22. The predicted molar refractivity (Wildman–Crippen MR) is 101 cm³/mol. The van der Waals surface area contributed by atoms with Crippen LogP contribution in [0.4, 0.5) is 21.5 Å². The Balaban J connectivity index is 1.82. The van der Waals surface area contributed by atoms with Crippen molar-refractivity contribution >= 4 is 40.1 Å². The third-order valence-corrected chi connectivity index (χ3v) is 4.78. The molecule has 4 rings (SSSR count). The lowest BCUT2D eigenvalue weighted by molar-refractivity contribution is 0.412. The average Bonchev–Trinajstić information content (AvgIpc) is 3.04. The van der Waals surface area contributed by atoms with Crippen molar-refractivity contribution in [2.45, 2.75) is 6.42 Å². The Bertz CT molecular complexity index is 950. The molecule has 0 bridgehead atoms. The zero-order valence-electron chi connectivity index (χ0n) is 13.6. The SMILES string of the molecule is COc1cc(F)c2c(N3CCc4cc(NSN)ccc43)ccnc2c1. The molecular formula is C18H17FN4OS. The molecule has 3 aromatic rings. The Morgan fingerprint density at radius 2 is 2.12 bits per heavy atom. The second-order valence-electron chi connectivity index (χ2n) is 5.80. The van der Waals surface area contributed by atoms with E-state index in [-0.39, 0.29) is 5.82 Å². The fraction of sp³-hybridized carbons (Fsp3) is 0.167. The molecule has 0 amide bonds. The van der Waals surface area contributed by atoms with Crippen LogP contribution in [0.15, 0.2) is 42.6 Å². The van der Waals surface area contributed by atoms with Crippen molar-refractivity contribution in [3.8, 4) is 5.75 Å².